The Hall–Kier alpha value is -4.13. The molecule has 3 aromatic rings. The van der Waals surface area contributed by atoms with Crippen LogP contribution in [0.5, 0.6) is 0 Å². The van der Waals surface area contributed by atoms with Gasteiger partial charge in [-0.3, -0.25) is 4.79 Å². The summed E-state index contributed by atoms with van der Waals surface area (Å²) in [5, 5.41) is 3.01. The van der Waals surface area contributed by atoms with E-state index < -0.39 is 40.8 Å². The lowest BCUT2D eigenvalue weighted by Crippen LogP contribution is -2.54. The number of amides is 3. The molecule has 204 valence electrons. The molecule has 3 amide bonds. The van der Waals surface area contributed by atoms with Crippen molar-refractivity contribution in [1.82, 2.24) is 5.32 Å². The number of anilines is 1. The summed E-state index contributed by atoms with van der Waals surface area (Å²) in [6.07, 6.45) is -1.21. The summed E-state index contributed by atoms with van der Waals surface area (Å²) in [6, 6.07) is 25.2. The highest BCUT2D eigenvalue weighted by Gasteiger charge is 2.59. The molecule has 0 saturated carbocycles. The molecule has 39 heavy (non-hydrogen) atoms. The number of carbonyl (C=O) groups excluding carboxylic acids is 3. The number of fused-ring (bicyclic) bond motifs is 1. The van der Waals surface area contributed by atoms with E-state index in [4.69, 9.17) is 9.47 Å². The highest BCUT2D eigenvalue weighted by molar-refractivity contribution is 6.21. The van der Waals surface area contributed by atoms with Gasteiger partial charge in [-0.2, -0.15) is 0 Å². The minimum atomic E-state index is -1.38. The zero-order valence-corrected chi connectivity index (χ0v) is 23.4. The molecule has 2 atom stereocenters. The first-order chi connectivity index (χ1) is 18.3. The first-order valence-electron chi connectivity index (χ1n) is 13.1. The van der Waals surface area contributed by atoms with Crippen LogP contribution in [0.25, 0.3) is 0 Å². The Balaban J connectivity index is 1.95. The van der Waals surface area contributed by atoms with Crippen LogP contribution in [0.15, 0.2) is 84.9 Å². The van der Waals surface area contributed by atoms with Crippen molar-refractivity contribution in [3.63, 3.8) is 0 Å². The van der Waals surface area contributed by atoms with Gasteiger partial charge in [-0.25, -0.2) is 14.5 Å². The predicted molar refractivity (Wildman–Crippen MR) is 151 cm³/mol. The first kappa shape index (κ1) is 27.9. The molecule has 1 aliphatic rings. The second kappa shape index (κ2) is 10.6. The van der Waals surface area contributed by atoms with Crippen molar-refractivity contribution < 1.29 is 23.9 Å². The average Bonchev–Trinajstić information content (AvgIpc) is 3.10. The lowest BCUT2D eigenvalue weighted by molar-refractivity contribution is -0.124. The van der Waals surface area contributed by atoms with Gasteiger partial charge in [-0.05, 0) is 70.7 Å². The van der Waals surface area contributed by atoms with E-state index in [2.05, 4.69) is 5.32 Å². The maximum absolute atomic E-state index is 14.7. The Morgan fingerprint density at radius 2 is 1.33 bits per heavy atom. The minimum absolute atomic E-state index is 0.221. The van der Waals surface area contributed by atoms with E-state index in [-0.39, 0.29) is 6.42 Å². The maximum Gasteiger partial charge on any atom is 0.421 e. The topological polar surface area (TPSA) is 84.9 Å². The number of ether oxygens (including phenoxy) is 2. The average molecular weight is 529 g/mol. The van der Waals surface area contributed by atoms with E-state index in [1.807, 2.05) is 72.8 Å². The maximum atomic E-state index is 14.7. The fourth-order valence-electron chi connectivity index (χ4n) is 4.99. The number of nitrogens with one attached hydrogen (secondary N) is 1. The first-order valence-corrected chi connectivity index (χ1v) is 13.1. The third kappa shape index (κ3) is 5.98. The number of para-hydroxylation sites is 1. The summed E-state index contributed by atoms with van der Waals surface area (Å²) in [4.78, 5) is 42.6. The molecule has 1 N–H and O–H groups in total. The van der Waals surface area contributed by atoms with Crippen molar-refractivity contribution in [2.75, 3.05) is 4.90 Å². The highest BCUT2D eigenvalue weighted by Crippen LogP contribution is 2.51. The summed E-state index contributed by atoms with van der Waals surface area (Å²) in [5.41, 5.74) is -0.322. The number of alkyl carbamates (subject to hydrolysis) is 1. The number of hydrogen-bond acceptors (Lipinski definition) is 5. The van der Waals surface area contributed by atoms with Crippen molar-refractivity contribution in [3.05, 3.63) is 102 Å². The van der Waals surface area contributed by atoms with Gasteiger partial charge in [0.05, 0.1) is 11.7 Å². The summed E-state index contributed by atoms with van der Waals surface area (Å²) in [5.74, 6) is -0.480. The van der Waals surface area contributed by atoms with E-state index >= 15 is 0 Å². The molecule has 1 unspecified atom stereocenters. The van der Waals surface area contributed by atoms with Gasteiger partial charge in [-0.15, -0.1) is 0 Å². The third-order valence-electron chi connectivity index (χ3n) is 6.40. The van der Waals surface area contributed by atoms with Crippen LogP contribution in [0.2, 0.25) is 0 Å². The zero-order valence-electron chi connectivity index (χ0n) is 23.4. The van der Waals surface area contributed by atoms with Gasteiger partial charge in [0.15, 0.2) is 0 Å². The Morgan fingerprint density at radius 1 is 0.795 bits per heavy atom. The number of benzene rings is 3. The van der Waals surface area contributed by atoms with Crippen molar-refractivity contribution in [1.29, 1.82) is 0 Å². The van der Waals surface area contributed by atoms with Crippen molar-refractivity contribution in [2.24, 2.45) is 0 Å². The molecule has 7 heteroatoms. The standard InChI is InChI=1S/C32H36N2O5/c1-30(2,3)38-28(36)33-26(23-17-11-8-12-18-23)32(21-22-15-9-7-10-16-22)24-19-13-14-20-25(24)34(27(32)35)29(37)39-31(4,5)6/h7-20,26H,21H2,1-6H3,(H,33,36)/t26-,32?/m1/s1. The SMILES string of the molecule is CC(C)(C)OC(=O)N[C@H](c1ccccc1)C1(Cc2ccccc2)C(=O)N(C(=O)OC(C)(C)C)c2ccccc21. The Bertz CT molecular complexity index is 1340. The van der Waals surface area contributed by atoms with Gasteiger partial charge < -0.3 is 14.8 Å². The predicted octanol–water partition coefficient (Wildman–Crippen LogP) is 6.71. The van der Waals surface area contributed by atoms with Crippen LogP contribution in [0, 0.1) is 0 Å². The van der Waals surface area contributed by atoms with Crippen LogP contribution >= 0.6 is 0 Å². The zero-order chi connectivity index (χ0) is 28.4. The van der Waals surface area contributed by atoms with Gasteiger partial charge in [0.25, 0.3) is 0 Å². The van der Waals surface area contributed by atoms with Crippen LogP contribution < -0.4 is 10.2 Å². The molecule has 0 saturated heterocycles. The molecule has 0 radical (unpaired) electrons. The summed E-state index contributed by atoms with van der Waals surface area (Å²) in [6.45, 7) is 10.6. The van der Waals surface area contributed by atoms with E-state index in [1.54, 1.807) is 53.7 Å². The smallest absolute Gasteiger partial charge is 0.421 e. The molecule has 1 heterocycles. The molecule has 4 rings (SSSR count). The highest BCUT2D eigenvalue weighted by atomic mass is 16.6. The van der Waals surface area contributed by atoms with Crippen molar-refractivity contribution in [2.45, 2.75) is 70.6 Å². The largest absolute Gasteiger partial charge is 0.444 e. The summed E-state index contributed by atoms with van der Waals surface area (Å²) >= 11 is 0. The molecule has 0 spiro atoms. The second-order valence-corrected chi connectivity index (χ2v) is 11.8. The van der Waals surface area contributed by atoms with Gasteiger partial charge in [0.2, 0.25) is 5.91 Å². The molecular weight excluding hydrogens is 492 g/mol. The second-order valence-electron chi connectivity index (χ2n) is 11.8. The number of carbonyl (C=O) groups is 3. The molecule has 0 fully saturated rings. The van der Waals surface area contributed by atoms with E-state index in [9.17, 15) is 14.4 Å². The number of nitrogens with zero attached hydrogens (tertiary/aromatic N) is 1. The third-order valence-corrected chi connectivity index (χ3v) is 6.40. The van der Waals surface area contributed by atoms with Gasteiger partial charge in [0, 0.05) is 0 Å². The van der Waals surface area contributed by atoms with E-state index in [1.165, 1.54) is 0 Å². The van der Waals surface area contributed by atoms with Crippen LogP contribution in [0.4, 0.5) is 15.3 Å². The van der Waals surface area contributed by atoms with Crippen molar-refractivity contribution in [3.8, 4) is 0 Å². The van der Waals surface area contributed by atoms with Gasteiger partial charge in [-0.1, -0.05) is 78.9 Å². The molecule has 0 bridgehead atoms. The molecule has 3 aromatic carbocycles. The lowest BCUT2D eigenvalue weighted by Gasteiger charge is -2.38. The normalized spacial score (nSPS) is 17.8. The fraction of sp³-hybridized carbons (Fsp3) is 0.344. The van der Waals surface area contributed by atoms with E-state index in [0.717, 1.165) is 10.5 Å². The van der Waals surface area contributed by atoms with Crippen LogP contribution in [-0.2, 0) is 26.1 Å². The number of hydrogen-bond donors (Lipinski definition) is 1. The van der Waals surface area contributed by atoms with E-state index in [0.29, 0.717) is 16.8 Å². The monoisotopic (exact) mass is 528 g/mol. The molecule has 0 aromatic heterocycles. The summed E-state index contributed by atoms with van der Waals surface area (Å²) < 4.78 is 11.3. The van der Waals surface area contributed by atoms with Crippen LogP contribution in [0.3, 0.4) is 0 Å². The Morgan fingerprint density at radius 3 is 1.92 bits per heavy atom. The van der Waals surface area contributed by atoms with Gasteiger partial charge in [0.1, 0.15) is 16.6 Å². The minimum Gasteiger partial charge on any atom is -0.444 e. The number of rotatable bonds is 5. The van der Waals surface area contributed by atoms with Gasteiger partial charge >= 0.3 is 12.2 Å². The fourth-order valence-corrected chi connectivity index (χ4v) is 4.99. The summed E-state index contributed by atoms with van der Waals surface area (Å²) in [7, 11) is 0. The molecule has 7 nitrogen and oxygen atoms in total. The Labute approximate surface area is 230 Å². The quantitative estimate of drug-likeness (QED) is 0.398. The van der Waals surface area contributed by atoms with Crippen molar-refractivity contribution >= 4 is 23.8 Å². The Kier molecular flexibility index (Phi) is 7.55. The lowest BCUT2D eigenvalue weighted by atomic mass is 9.68. The number of imide groups is 1. The van der Waals surface area contributed by atoms with Crippen LogP contribution in [0.1, 0.15) is 64.3 Å². The molecule has 0 aliphatic carbocycles. The molecule has 1 aliphatic heterocycles. The molecular formula is C32H36N2O5. The van der Waals surface area contributed by atoms with Crippen LogP contribution in [-0.4, -0.2) is 29.3 Å².